The molecule has 1 aromatic rings. The summed E-state index contributed by atoms with van der Waals surface area (Å²) in [5.74, 6) is 0.843. The van der Waals surface area contributed by atoms with Gasteiger partial charge in [0.05, 0.1) is 6.54 Å². The lowest BCUT2D eigenvalue weighted by molar-refractivity contribution is -0.130. The normalized spacial score (nSPS) is 15.6. The Morgan fingerprint density at radius 2 is 1.91 bits per heavy atom. The van der Waals surface area contributed by atoms with Gasteiger partial charge in [-0.2, -0.15) is 0 Å². The van der Waals surface area contributed by atoms with Crippen LogP contribution in [-0.4, -0.2) is 42.9 Å². The van der Waals surface area contributed by atoms with E-state index in [0.717, 1.165) is 45.4 Å². The van der Waals surface area contributed by atoms with Crippen molar-refractivity contribution in [2.45, 2.75) is 46.1 Å². The fourth-order valence-electron chi connectivity index (χ4n) is 2.61. The summed E-state index contributed by atoms with van der Waals surface area (Å²) in [5, 5.41) is 6.52. The molecule has 0 saturated carbocycles. The summed E-state index contributed by atoms with van der Waals surface area (Å²) in [5.41, 5.74) is 0. The molecule has 1 aliphatic rings. The number of aryl methyl sites for hydroxylation is 1. The van der Waals surface area contributed by atoms with E-state index in [4.69, 9.17) is 0 Å². The molecule has 23 heavy (non-hydrogen) atoms. The number of likely N-dealkylation sites (tertiary alicyclic amines) is 1. The van der Waals surface area contributed by atoms with Crippen LogP contribution in [0.2, 0.25) is 0 Å². The molecule has 0 atom stereocenters. The van der Waals surface area contributed by atoms with Crippen LogP contribution in [0.25, 0.3) is 0 Å². The van der Waals surface area contributed by atoms with Gasteiger partial charge in [-0.25, -0.2) is 4.99 Å². The summed E-state index contributed by atoms with van der Waals surface area (Å²) in [6.45, 7) is 7.72. The Morgan fingerprint density at radius 1 is 1.17 bits per heavy atom. The number of carbonyl (C=O) groups excluding carboxylic acids is 1. The predicted molar refractivity (Wildman–Crippen MR) is 96.9 cm³/mol. The first-order chi connectivity index (χ1) is 11.2. The van der Waals surface area contributed by atoms with E-state index in [9.17, 15) is 4.79 Å². The van der Waals surface area contributed by atoms with E-state index in [1.807, 2.05) is 23.2 Å². The van der Waals surface area contributed by atoms with Crippen LogP contribution in [0.1, 0.15) is 42.9 Å². The minimum Gasteiger partial charge on any atom is -0.357 e. The van der Waals surface area contributed by atoms with Crippen LogP contribution in [-0.2, 0) is 17.8 Å². The zero-order valence-electron chi connectivity index (χ0n) is 14.2. The van der Waals surface area contributed by atoms with E-state index in [-0.39, 0.29) is 12.5 Å². The van der Waals surface area contributed by atoms with Crippen LogP contribution in [0.15, 0.2) is 17.1 Å². The van der Waals surface area contributed by atoms with E-state index in [1.54, 1.807) is 0 Å². The Morgan fingerprint density at radius 3 is 2.57 bits per heavy atom. The molecule has 0 bridgehead atoms. The topological polar surface area (TPSA) is 56.7 Å². The summed E-state index contributed by atoms with van der Waals surface area (Å²) in [7, 11) is 0. The standard InChI is InChI=1S/C17H28N4OS/c1-3-14-8-9-15(23-14)12-19-17(18-4-2)20-13-16(22)21-10-6-5-7-11-21/h8-9H,3-7,10-13H2,1-2H3,(H2,18,19,20). The molecule has 0 aromatic carbocycles. The third-order valence-electron chi connectivity index (χ3n) is 3.92. The largest absolute Gasteiger partial charge is 0.357 e. The number of aliphatic imine (C=N–C) groups is 1. The number of nitrogens with zero attached hydrogens (tertiary/aromatic N) is 2. The van der Waals surface area contributed by atoms with Crippen LogP contribution in [0.5, 0.6) is 0 Å². The third kappa shape index (κ3) is 5.86. The molecule has 1 fully saturated rings. The maximum Gasteiger partial charge on any atom is 0.244 e. The van der Waals surface area contributed by atoms with Gasteiger partial charge >= 0.3 is 0 Å². The second kappa shape index (κ2) is 9.55. The summed E-state index contributed by atoms with van der Waals surface area (Å²) in [6, 6.07) is 4.32. The van der Waals surface area contributed by atoms with Gasteiger partial charge in [0.15, 0.2) is 5.96 Å². The first kappa shape index (κ1) is 17.8. The quantitative estimate of drug-likeness (QED) is 0.619. The van der Waals surface area contributed by atoms with Crippen LogP contribution < -0.4 is 10.6 Å². The first-order valence-corrected chi connectivity index (χ1v) is 9.42. The summed E-state index contributed by atoms with van der Waals surface area (Å²) >= 11 is 1.82. The highest BCUT2D eigenvalue weighted by atomic mass is 32.1. The molecular weight excluding hydrogens is 308 g/mol. The minimum atomic E-state index is 0.131. The van der Waals surface area contributed by atoms with Crippen molar-refractivity contribution in [3.63, 3.8) is 0 Å². The maximum absolute atomic E-state index is 12.2. The fourth-order valence-corrected chi connectivity index (χ4v) is 3.51. The number of amides is 1. The van der Waals surface area contributed by atoms with E-state index >= 15 is 0 Å². The SMILES string of the molecule is CCNC(=NCC(=O)N1CCCCC1)NCc1ccc(CC)s1. The molecule has 1 aliphatic heterocycles. The summed E-state index contributed by atoms with van der Waals surface area (Å²) in [6.07, 6.45) is 4.54. The lowest BCUT2D eigenvalue weighted by Gasteiger charge is -2.26. The minimum absolute atomic E-state index is 0.131. The van der Waals surface area contributed by atoms with E-state index in [1.165, 1.54) is 16.2 Å². The van der Waals surface area contributed by atoms with Gasteiger partial charge in [0, 0.05) is 29.4 Å². The van der Waals surface area contributed by atoms with Crippen molar-refractivity contribution in [1.29, 1.82) is 0 Å². The van der Waals surface area contributed by atoms with Crippen molar-refractivity contribution in [3.05, 3.63) is 21.9 Å². The van der Waals surface area contributed by atoms with Crippen molar-refractivity contribution < 1.29 is 4.79 Å². The van der Waals surface area contributed by atoms with Crippen LogP contribution in [0, 0.1) is 0 Å². The Hall–Kier alpha value is -1.56. The lowest BCUT2D eigenvalue weighted by atomic mass is 10.1. The molecule has 0 spiro atoms. The highest BCUT2D eigenvalue weighted by Crippen LogP contribution is 2.16. The molecule has 2 heterocycles. The van der Waals surface area contributed by atoms with Crippen LogP contribution in [0.4, 0.5) is 0 Å². The average Bonchev–Trinajstić information content (AvgIpc) is 3.06. The zero-order chi connectivity index (χ0) is 16.5. The average molecular weight is 337 g/mol. The highest BCUT2D eigenvalue weighted by Gasteiger charge is 2.15. The number of guanidine groups is 1. The van der Waals surface area contributed by atoms with Crippen molar-refractivity contribution in [2.75, 3.05) is 26.2 Å². The molecule has 1 amide bonds. The second-order valence-electron chi connectivity index (χ2n) is 5.71. The van der Waals surface area contributed by atoms with Crippen molar-refractivity contribution in [3.8, 4) is 0 Å². The molecular formula is C17H28N4OS. The van der Waals surface area contributed by atoms with Gasteiger partial charge in [-0.05, 0) is 44.7 Å². The van der Waals surface area contributed by atoms with E-state index < -0.39 is 0 Å². The van der Waals surface area contributed by atoms with Crippen LogP contribution >= 0.6 is 11.3 Å². The molecule has 2 rings (SSSR count). The van der Waals surface area contributed by atoms with Gasteiger partial charge < -0.3 is 15.5 Å². The summed E-state index contributed by atoms with van der Waals surface area (Å²) < 4.78 is 0. The Labute approximate surface area is 143 Å². The smallest absolute Gasteiger partial charge is 0.244 e. The van der Waals surface area contributed by atoms with Gasteiger partial charge in [0.25, 0.3) is 0 Å². The molecule has 6 heteroatoms. The number of thiophene rings is 1. The van der Waals surface area contributed by atoms with Gasteiger partial charge in [-0.15, -0.1) is 11.3 Å². The van der Waals surface area contributed by atoms with E-state index in [0.29, 0.717) is 5.96 Å². The third-order valence-corrected chi connectivity index (χ3v) is 5.15. The zero-order valence-corrected chi connectivity index (χ0v) is 15.0. The molecule has 0 radical (unpaired) electrons. The fraction of sp³-hybridized carbons (Fsp3) is 0.647. The number of piperidine rings is 1. The Kier molecular flexibility index (Phi) is 7.39. The molecule has 2 N–H and O–H groups in total. The van der Waals surface area contributed by atoms with Gasteiger partial charge in [-0.1, -0.05) is 6.92 Å². The Balaban J connectivity index is 1.84. The maximum atomic E-state index is 12.2. The monoisotopic (exact) mass is 336 g/mol. The molecule has 128 valence electrons. The number of hydrogen-bond donors (Lipinski definition) is 2. The summed E-state index contributed by atoms with van der Waals surface area (Å²) in [4.78, 5) is 21.2. The van der Waals surface area contributed by atoms with Gasteiger partial charge in [-0.3, -0.25) is 4.79 Å². The van der Waals surface area contributed by atoms with Crippen LogP contribution in [0.3, 0.4) is 0 Å². The highest BCUT2D eigenvalue weighted by molar-refractivity contribution is 7.11. The van der Waals surface area contributed by atoms with Crippen molar-refractivity contribution >= 4 is 23.2 Å². The van der Waals surface area contributed by atoms with E-state index in [2.05, 4.69) is 34.7 Å². The Bertz CT molecular complexity index is 520. The predicted octanol–water partition coefficient (Wildman–Crippen LogP) is 2.38. The number of hydrogen-bond acceptors (Lipinski definition) is 3. The molecule has 0 unspecified atom stereocenters. The molecule has 5 nitrogen and oxygen atoms in total. The van der Waals surface area contributed by atoms with Crippen molar-refractivity contribution in [1.82, 2.24) is 15.5 Å². The lowest BCUT2D eigenvalue weighted by Crippen LogP contribution is -2.40. The molecule has 1 aromatic heterocycles. The molecule has 0 aliphatic carbocycles. The van der Waals surface area contributed by atoms with Gasteiger partial charge in [0.2, 0.25) is 5.91 Å². The second-order valence-corrected chi connectivity index (χ2v) is 6.96. The number of carbonyl (C=O) groups is 1. The van der Waals surface area contributed by atoms with Gasteiger partial charge in [0.1, 0.15) is 6.54 Å². The number of nitrogens with one attached hydrogen (secondary N) is 2. The number of rotatable bonds is 6. The van der Waals surface area contributed by atoms with Crippen molar-refractivity contribution in [2.24, 2.45) is 4.99 Å². The molecule has 1 saturated heterocycles. The first-order valence-electron chi connectivity index (χ1n) is 8.60.